The highest BCUT2D eigenvalue weighted by Gasteiger charge is 2.54. The van der Waals surface area contributed by atoms with Gasteiger partial charge in [-0.05, 0) is 96.3 Å². The van der Waals surface area contributed by atoms with Gasteiger partial charge in [-0.1, -0.05) is 316 Å². The second kappa shape index (κ2) is 67.0. The molecule has 0 radical (unpaired) electrons. The van der Waals surface area contributed by atoms with E-state index in [1.165, 1.54) is 180 Å². The number of hydrogen-bond donors (Lipinski definition) is 12. The fourth-order valence-corrected chi connectivity index (χ4v) is 13.8. The van der Waals surface area contributed by atoms with Crippen LogP contribution in [0.2, 0.25) is 0 Å². The maximum Gasteiger partial charge on any atom is 0.220 e. The molecule has 0 bridgehead atoms. The van der Waals surface area contributed by atoms with Crippen LogP contribution in [0.5, 0.6) is 0 Å². The van der Waals surface area contributed by atoms with Gasteiger partial charge in [-0.2, -0.15) is 0 Å². The molecule has 19 nitrogen and oxygen atoms in total. The Labute approximate surface area is 646 Å². The average molecular weight is 1510 g/mol. The Hall–Kier alpha value is -3.55. The van der Waals surface area contributed by atoms with Gasteiger partial charge in [0, 0.05) is 6.42 Å². The fraction of sp³-hybridized carbons (Fsp3) is 0.784. The lowest BCUT2D eigenvalue weighted by Gasteiger charge is -2.48. The first-order valence-electron chi connectivity index (χ1n) is 42.6. The van der Waals surface area contributed by atoms with E-state index in [0.29, 0.717) is 12.8 Å². The Morgan fingerprint density at radius 3 is 1.05 bits per heavy atom. The number of aliphatic hydroxyl groups is 11. The van der Waals surface area contributed by atoms with Gasteiger partial charge in [0.25, 0.3) is 0 Å². The molecule has 107 heavy (non-hydrogen) atoms. The van der Waals surface area contributed by atoms with E-state index in [-0.39, 0.29) is 18.9 Å². The zero-order valence-corrected chi connectivity index (χ0v) is 66.3. The van der Waals surface area contributed by atoms with Crippen LogP contribution in [-0.4, -0.2) is 193 Å². The van der Waals surface area contributed by atoms with Gasteiger partial charge in [0.15, 0.2) is 18.9 Å². The fourth-order valence-electron chi connectivity index (χ4n) is 13.8. The van der Waals surface area contributed by atoms with Crippen LogP contribution in [0.15, 0.2) is 109 Å². The summed E-state index contributed by atoms with van der Waals surface area (Å²) in [6.45, 7) is 1.62. The van der Waals surface area contributed by atoms with E-state index in [1.807, 2.05) is 6.08 Å². The quantitative estimate of drug-likeness (QED) is 0.0199. The predicted octanol–water partition coefficient (Wildman–Crippen LogP) is 15.3. The molecular weight excluding hydrogens is 1360 g/mol. The zero-order valence-electron chi connectivity index (χ0n) is 66.3. The van der Waals surface area contributed by atoms with Crippen LogP contribution in [0.25, 0.3) is 0 Å². The summed E-state index contributed by atoms with van der Waals surface area (Å²) in [5, 5.41) is 121. The zero-order chi connectivity index (χ0) is 77.4. The van der Waals surface area contributed by atoms with Crippen LogP contribution < -0.4 is 5.32 Å². The number of aliphatic hydroxyl groups excluding tert-OH is 11. The molecule has 17 atom stereocenters. The van der Waals surface area contributed by atoms with Crippen molar-refractivity contribution in [3.63, 3.8) is 0 Å². The van der Waals surface area contributed by atoms with Crippen LogP contribution >= 0.6 is 0 Å². The summed E-state index contributed by atoms with van der Waals surface area (Å²) in [5.41, 5.74) is 0. The summed E-state index contributed by atoms with van der Waals surface area (Å²) >= 11 is 0. The summed E-state index contributed by atoms with van der Waals surface area (Å²) in [7, 11) is 0. The second-order valence-electron chi connectivity index (χ2n) is 29.9. The van der Waals surface area contributed by atoms with Gasteiger partial charge >= 0.3 is 0 Å². The number of nitrogens with one attached hydrogen (secondary N) is 1. The number of unbranched alkanes of at least 4 members (excludes halogenated alkanes) is 35. The van der Waals surface area contributed by atoms with Gasteiger partial charge in [-0.15, -0.1) is 0 Å². The minimum atomic E-state index is -1.99. The third kappa shape index (κ3) is 46.3. The first-order valence-corrected chi connectivity index (χ1v) is 42.6. The topological polar surface area (TPSA) is 307 Å². The maximum absolute atomic E-state index is 13.5. The number of ether oxygens (including phenoxy) is 6. The van der Waals surface area contributed by atoms with Crippen molar-refractivity contribution in [1.29, 1.82) is 0 Å². The number of carbonyl (C=O) groups is 1. The highest BCUT2D eigenvalue weighted by Crippen LogP contribution is 2.33. The van der Waals surface area contributed by atoms with E-state index < -0.39 is 124 Å². The molecule has 1 amide bonds. The van der Waals surface area contributed by atoms with Crippen molar-refractivity contribution in [1.82, 2.24) is 5.32 Å². The number of carbonyl (C=O) groups excluding carboxylic acids is 1. The lowest BCUT2D eigenvalue weighted by atomic mass is 9.96. The molecule has 0 aromatic carbocycles. The highest BCUT2D eigenvalue weighted by molar-refractivity contribution is 5.76. The van der Waals surface area contributed by atoms with Gasteiger partial charge in [0.2, 0.25) is 5.91 Å². The van der Waals surface area contributed by atoms with E-state index in [4.69, 9.17) is 28.4 Å². The molecule has 3 saturated heterocycles. The molecule has 0 spiro atoms. The maximum atomic E-state index is 13.5. The van der Waals surface area contributed by atoms with Crippen molar-refractivity contribution < 1.29 is 89.4 Å². The average Bonchev–Trinajstić information content (AvgIpc) is 0.781. The molecule has 3 heterocycles. The van der Waals surface area contributed by atoms with Crippen LogP contribution in [-0.2, 0) is 33.2 Å². The summed E-state index contributed by atoms with van der Waals surface area (Å²) in [5.74, 6) is -0.296. The first-order chi connectivity index (χ1) is 52.3. The summed E-state index contributed by atoms with van der Waals surface area (Å²) in [4.78, 5) is 13.5. The molecule has 17 unspecified atom stereocenters. The Morgan fingerprint density at radius 2 is 0.654 bits per heavy atom. The lowest BCUT2D eigenvalue weighted by molar-refractivity contribution is -0.379. The molecule has 0 aliphatic carbocycles. The largest absolute Gasteiger partial charge is 0.394 e. The molecule has 19 heteroatoms. The molecule has 3 aliphatic rings. The van der Waals surface area contributed by atoms with Gasteiger partial charge in [0.05, 0.1) is 38.6 Å². The standard InChI is InChI=1S/C88H153NO18/c1-3-5-7-9-11-13-15-17-19-21-23-25-27-29-31-33-34-35-36-38-39-41-43-45-47-49-51-53-55-57-59-61-63-65-72(93)71(89-76(94)66-64-62-60-58-56-54-52-50-48-46-44-42-40-37-32-30-28-26-24-22-20-18-16-14-12-10-8-6-4-2)70-102-86-82(100)79(97)84(74(68-91)104-86)107-88-83(101)80(98)85(75(69-92)105-88)106-87-81(99)78(96)77(95)73(67-90)103-87/h6,8,12,14,18,20,24,26,30,32,40,42,47,49,55,57,63,65,71-75,77-88,90-93,95-101H,3-5,7,9-11,13,15-17,19,21-23,25,27-29,31,33-39,41,43-46,48,50-54,56,58-62,64,66-70H2,1-2H3,(H,89,94)/b8-6-,14-12-,20-18-,26-24-,32-30-,42-40-,49-47+,57-55+,65-63+. The van der Waals surface area contributed by atoms with E-state index in [2.05, 4.69) is 116 Å². The molecule has 12 N–H and O–H groups in total. The van der Waals surface area contributed by atoms with Gasteiger partial charge in [0.1, 0.15) is 73.2 Å². The highest BCUT2D eigenvalue weighted by atomic mass is 16.8. The Bertz CT molecular complexity index is 2360. The minimum Gasteiger partial charge on any atom is -0.394 e. The SMILES string of the molecule is CC/C=C\C/C=C\C/C=C\C/C=C\C/C=C\C/C=C\CCCCCCCCCCCCC(=O)NC(COC1OC(CO)C(OC2OC(CO)C(OC3OC(CO)C(O)C(O)C3O)C(O)C2O)C(O)C1O)C(O)/C=C/CC/C=C/CC/C=C/CCCCCCCCCCCCCCCCCCCCCCCCC. The Morgan fingerprint density at radius 1 is 0.346 bits per heavy atom. The smallest absolute Gasteiger partial charge is 0.220 e. The number of hydrogen-bond acceptors (Lipinski definition) is 18. The van der Waals surface area contributed by atoms with E-state index in [0.717, 1.165) is 96.3 Å². The lowest BCUT2D eigenvalue weighted by Crippen LogP contribution is -2.66. The Kier molecular flexibility index (Phi) is 61.1. The van der Waals surface area contributed by atoms with Crippen LogP contribution in [0, 0.1) is 0 Å². The molecular formula is C88H153NO18. The molecule has 618 valence electrons. The van der Waals surface area contributed by atoms with Crippen molar-refractivity contribution in [3.8, 4) is 0 Å². The number of rotatable bonds is 67. The van der Waals surface area contributed by atoms with Crippen molar-refractivity contribution in [3.05, 3.63) is 109 Å². The second-order valence-corrected chi connectivity index (χ2v) is 29.9. The molecule has 0 aromatic heterocycles. The normalized spacial score (nSPS) is 26.1. The molecule has 3 rings (SSSR count). The van der Waals surface area contributed by atoms with Crippen molar-refractivity contribution >= 4 is 5.91 Å². The molecule has 0 aromatic rings. The summed E-state index contributed by atoms with van der Waals surface area (Å²) in [6.07, 6.45) is 66.6. The van der Waals surface area contributed by atoms with Crippen LogP contribution in [0.3, 0.4) is 0 Å². The van der Waals surface area contributed by atoms with Crippen molar-refractivity contribution in [2.75, 3.05) is 26.4 Å². The van der Waals surface area contributed by atoms with E-state index in [1.54, 1.807) is 6.08 Å². The van der Waals surface area contributed by atoms with Gasteiger partial charge < -0.3 is 89.9 Å². The van der Waals surface area contributed by atoms with Crippen molar-refractivity contribution in [2.45, 2.75) is 413 Å². The molecule has 3 fully saturated rings. The van der Waals surface area contributed by atoms with E-state index in [9.17, 15) is 61.0 Å². The predicted molar refractivity (Wildman–Crippen MR) is 429 cm³/mol. The monoisotopic (exact) mass is 1510 g/mol. The van der Waals surface area contributed by atoms with Gasteiger partial charge in [-0.25, -0.2) is 0 Å². The van der Waals surface area contributed by atoms with Crippen LogP contribution in [0.1, 0.15) is 309 Å². The van der Waals surface area contributed by atoms with Gasteiger partial charge in [-0.3, -0.25) is 4.79 Å². The summed E-state index contributed by atoms with van der Waals surface area (Å²) < 4.78 is 34.5. The third-order valence-corrected chi connectivity index (χ3v) is 20.5. The van der Waals surface area contributed by atoms with Crippen LogP contribution in [0.4, 0.5) is 0 Å². The minimum absolute atomic E-state index is 0.220. The number of amides is 1. The van der Waals surface area contributed by atoms with E-state index >= 15 is 0 Å². The molecule has 0 saturated carbocycles. The Balaban J connectivity index is 1.38. The molecule has 3 aliphatic heterocycles. The summed E-state index contributed by atoms with van der Waals surface area (Å²) in [6, 6.07) is -1.01. The van der Waals surface area contributed by atoms with Crippen molar-refractivity contribution in [2.24, 2.45) is 0 Å². The number of allylic oxidation sites excluding steroid dienone is 17. The third-order valence-electron chi connectivity index (χ3n) is 20.5. The first kappa shape index (κ1) is 97.6.